The van der Waals surface area contributed by atoms with E-state index in [9.17, 15) is 14.7 Å². The number of rotatable bonds is 16. The van der Waals surface area contributed by atoms with Gasteiger partial charge in [-0.3, -0.25) is 0 Å². The third kappa shape index (κ3) is 9.92. The Morgan fingerprint density at radius 1 is 1.06 bits per heavy atom. The summed E-state index contributed by atoms with van der Waals surface area (Å²) in [4.78, 5) is 26.0. The second-order valence-electron chi connectivity index (χ2n) is 9.16. The number of hydrogen-bond donors (Lipinski definition) is 1. The zero-order valence-electron chi connectivity index (χ0n) is 21.2. The number of aliphatic carboxylic acids is 1. The molecule has 34 heavy (non-hydrogen) atoms. The predicted molar refractivity (Wildman–Crippen MR) is 132 cm³/mol. The fourth-order valence-electron chi connectivity index (χ4n) is 4.56. The smallest absolute Gasteiger partial charge is 0.410 e. The fraction of sp³-hybridized carbons (Fsp3) is 0.704. The molecule has 0 spiro atoms. The minimum absolute atomic E-state index is 0.0468. The topological polar surface area (TPSA) is 85.3 Å². The average Bonchev–Trinajstić information content (AvgIpc) is 3.32. The highest BCUT2D eigenvalue weighted by atomic mass is 16.6. The summed E-state index contributed by atoms with van der Waals surface area (Å²) in [5, 5.41) is 9.26. The Labute approximate surface area is 204 Å². The van der Waals surface area contributed by atoms with E-state index in [0.717, 1.165) is 56.9 Å². The maximum Gasteiger partial charge on any atom is 0.410 e. The molecule has 1 aliphatic rings. The van der Waals surface area contributed by atoms with Gasteiger partial charge in [-0.2, -0.15) is 0 Å². The minimum atomic E-state index is -0.962. The van der Waals surface area contributed by atoms with E-state index in [-0.39, 0.29) is 12.2 Å². The molecule has 192 valence electrons. The summed E-state index contributed by atoms with van der Waals surface area (Å²) < 4.78 is 17.0. The van der Waals surface area contributed by atoms with Gasteiger partial charge in [0.2, 0.25) is 0 Å². The summed E-state index contributed by atoms with van der Waals surface area (Å²) in [7, 11) is 0. The summed E-state index contributed by atoms with van der Waals surface area (Å²) >= 11 is 0. The van der Waals surface area contributed by atoms with Gasteiger partial charge in [0.15, 0.2) is 6.10 Å². The molecule has 7 nitrogen and oxygen atoms in total. The lowest BCUT2D eigenvalue weighted by Gasteiger charge is -2.28. The summed E-state index contributed by atoms with van der Waals surface area (Å²) in [6.45, 7) is 8.06. The third-order valence-corrected chi connectivity index (χ3v) is 6.32. The van der Waals surface area contributed by atoms with Crippen LogP contribution >= 0.6 is 0 Å². The van der Waals surface area contributed by atoms with Gasteiger partial charge in [0.25, 0.3) is 0 Å². The van der Waals surface area contributed by atoms with Crippen LogP contribution in [0.15, 0.2) is 24.3 Å². The Bertz CT molecular complexity index is 710. The molecule has 1 aromatic rings. The number of carbonyl (C=O) groups is 2. The van der Waals surface area contributed by atoms with Gasteiger partial charge < -0.3 is 24.2 Å². The number of carboxylic acids is 1. The predicted octanol–water partition coefficient (Wildman–Crippen LogP) is 5.70. The molecule has 0 radical (unpaired) electrons. The summed E-state index contributed by atoms with van der Waals surface area (Å²) in [6, 6.07) is 7.38. The molecule has 1 aliphatic carbocycles. The first-order valence-corrected chi connectivity index (χ1v) is 13.0. The van der Waals surface area contributed by atoms with E-state index in [4.69, 9.17) is 14.2 Å². The van der Waals surface area contributed by atoms with E-state index in [1.165, 1.54) is 0 Å². The number of nitrogens with zero attached hydrogens (tertiary/aromatic N) is 1. The second-order valence-corrected chi connectivity index (χ2v) is 9.16. The van der Waals surface area contributed by atoms with Crippen LogP contribution in [0.25, 0.3) is 0 Å². The van der Waals surface area contributed by atoms with Crippen LogP contribution in [0.2, 0.25) is 0 Å². The first kappa shape index (κ1) is 28.0. The quantitative estimate of drug-likeness (QED) is 0.329. The number of amides is 1. The van der Waals surface area contributed by atoms with Crippen LogP contribution in [0.4, 0.5) is 4.79 Å². The molecule has 1 amide bonds. The Morgan fingerprint density at radius 2 is 1.71 bits per heavy atom. The minimum Gasteiger partial charge on any atom is -0.492 e. The van der Waals surface area contributed by atoms with Crippen LogP contribution < -0.4 is 4.74 Å². The molecule has 1 N–H and O–H groups in total. The van der Waals surface area contributed by atoms with Crippen molar-refractivity contribution in [3.05, 3.63) is 29.8 Å². The Kier molecular flexibility index (Phi) is 12.8. The lowest BCUT2D eigenvalue weighted by atomic mass is 9.98. The van der Waals surface area contributed by atoms with Crippen molar-refractivity contribution in [1.29, 1.82) is 0 Å². The van der Waals surface area contributed by atoms with Crippen molar-refractivity contribution in [1.82, 2.24) is 4.90 Å². The summed E-state index contributed by atoms with van der Waals surface area (Å²) in [5.74, 6) is 0.198. The third-order valence-electron chi connectivity index (χ3n) is 6.32. The van der Waals surface area contributed by atoms with E-state index in [1.54, 1.807) is 6.92 Å². The van der Waals surface area contributed by atoms with E-state index >= 15 is 0 Å². The van der Waals surface area contributed by atoms with E-state index in [1.807, 2.05) is 29.2 Å². The molecule has 0 bridgehead atoms. The number of carbonyl (C=O) groups excluding carboxylic acids is 1. The van der Waals surface area contributed by atoms with Gasteiger partial charge >= 0.3 is 12.1 Å². The first-order valence-electron chi connectivity index (χ1n) is 13.0. The molecule has 1 unspecified atom stereocenters. The van der Waals surface area contributed by atoms with Gasteiger partial charge in [-0.25, -0.2) is 9.59 Å². The molecule has 0 aliphatic heterocycles. The maximum absolute atomic E-state index is 12.9. The molecule has 0 saturated heterocycles. The lowest BCUT2D eigenvalue weighted by molar-refractivity contribution is -0.149. The molecule has 0 aromatic heterocycles. The number of hydrogen-bond acceptors (Lipinski definition) is 5. The lowest BCUT2D eigenvalue weighted by Crippen LogP contribution is -2.40. The van der Waals surface area contributed by atoms with Crippen LogP contribution in [0.5, 0.6) is 5.75 Å². The van der Waals surface area contributed by atoms with Gasteiger partial charge in [0.05, 0.1) is 6.54 Å². The van der Waals surface area contributed by atoms with Crippen molar-refractivity contribution < 1.29 is 28.9 Å². The van der Waals surface area contributed by atoms with E-state index in [0.29, 0.717) is 44.4 Å². The molecule has 1 atom stereocenters. The van der Waals surface area contributed by atoms with Crippen molar-refractivity contribution in [2.45, 2.75) is 90.8 Å². The van der Waals surface area contributed by atoms with Gasteiger partial charge in [-0.1, -0.05) is 38.8 Å². The highest BCUT2D eigenvalue weighted by Crippen LogP contribution is 2.23. The van der Waals surface area contributed by atoms with Crippen molar-refractivity contribution in [3.63, 3.8) is 0 Å². The van der Waals surface area contributed by atoms with E-state index in [2.05, 4.69) is 13.8 Å². The normalized spacial score (nSPS) is 14.8. The van der Waals surface area contributed by atoms with Crippen molar-refractivity contribution in [2.75, 3.05) is 26.3 Å². The fourth-order valence-corrected chi connectivity index (χ4v) is 4.56. The molecule has 1 aromatic carbocycles. The maximum atomic E-state index is 12.9. The van der Waals surface area contributed by atoms with Gasteiger partial charge in [0.1, 0.15) is 18.5 Å². The SMILES string of the molecule is CCCC(CCC)CN(CCOc1ccc(CC(OCC)C(=O)O)cc1)C(=O)OC1CCCC1. The molecule has 1 fully saturated rings. The number of benzene rings is 1. The van der Waals surface area contributed by atoms with Crippen molar-refractivity contribution in [3.8, 4) is 5.75 Å². The molecular weight excluding hydrogens is 434 g/mol. The number of carboxylic acid groups (broad SMARTS) is 1. The molecule has 1 saturated carbocycles. The van der Waals surface area contributed by atoms with Gasteiger partial charge in [-0.05, 0) is 69.1 Å². The zero-order chi connectivity index (χ0) is 24.8. The average molecular weight is 478 g/mol. The monoisotopic (exact) mass is 477 g/mol. The van der Waals surface area contributed by atoms with Gasteiger partial charge in [-0.15, -0.1) is 0 Å². The molecular formula is C27H43NO6. The van der Waals surface area contributed by atoms with Crippen molar-refractivity contribution >= 4 is 12.1 Å². The Morgan fingerprint density at radius 3 is 2.26 bits per heavy atom. The first-order chi connectivity index (χ1) is 16.5. The highest BCUT2D eigenvalue weighted by molar-refractivity contribution is 5.72. The van der Waals surface area contributed by atoms with Gasteiger partial charge in [0, 0.05) is 19.6 Å². The van der Waals surface area contributed by atoms with Crippen molar-refractivity contribution in [2.24, 2.45) is 5.92 Å². The zero-order valence-corrected chi connectivity index (χ0v) is 21.2. The Balaban J connectivity index is 1.92. The van der Waals surface area contributed by atoms with Crippen LogP contribution in [-0.2, 0) is 20.7 Å². The van der Waals surface area contributed by atoms with Crippen LogP contribution in [0, 0.1) is 5.92 Å². The summed E-state index contributed by atoms with van der Waals surface area (Å²) in [5.41, 5.74) is 0.872. The molecule has 2 rings (SSSR count). The molecule has 0 heterocycles. The number of ether oxygens (including phenoxy) is 3. The van der Waals surface area contributed by atoms with Crippen LogP contribution in [0.3, 0.4) is 0 Å². The highest BCUT2D eigenvalue weighted by Gasteiger charge is 2.25. The van der Waals surface area contributed by atoms with Crippen LogP contribution in [0.1, 0.15) is 77.7 Å². The molecule has 7 heteroatoms. The summed E-state index contributed by atoms with van der Waals surface area (Å²) in [6.07, 6.45) is 7.86. The standard InChI is InChI=1S/C27H43NO6/c1-4-9-22(10-5-2)20-28(27(31)34-24-11-7-8-12-24)17-18-33-23-15-13-21(14-16-23)19-25(26(29)30)32-6-3/h13-16,22,24-25H,4-12,17-20H2,1-3H3,(H,29,30). The van der Waals surface area contributed by atoms with E-state index < -0.39 is 12.1 Å². The largest absolute Gasteiger partial charge is 0.492 e. The Hall–Kier alpha value is -2.28. The van der Waals surface area contributed by atoms with Crippen LogP contribution in [-0.4, -0.2) is 60.6 Å². The second kappa shape index (κ2) is 15.6.